The van der Waals surface area contributed by atoms with Crippen molar-refractivity contribution in [1.82, 2.24) is 15.5 Å². The number of nitrogens with one attached hydrogen (secondary N) is 2. The van der Waals surface area contributed by atoms with Crippen LogP contribution < -0.4 is 10.6 Å². The van der Waals surface area contributed by atoms with Crippen LogP contribution in [-0.4, -0.2) is 49.6 Å². The molecule has 0 radical (unpaired) electrons. The van der Waals surface area contributed by atoms with Crippen LogP contribution in [0.5, 0.6) is 0 Å². The molecular formula is C13H27N3O. The number of carbonyl (C=O) groups is 1. The molecule has 0 aromatic carbocycles. The van der Waals surface area contributed by atoms with E-state index in [1.807, 2.05) is 0 Å². The number of hydrogen-bond acceptors (Lipinski definition) is 3. The van der Waals surface area contributed by atoms with Crippen molar-refractivity contribution in [3.63, 3.8) is 0 Å². The molecule has 0 spiro atoms. The minimum Gasteiger partial charge on any atom is -0.355 e. The molecule has 0 saturated carbocycles. The van der Waals surface area contributed by atoms with Gasteiger partial charge in [-0.15, -0.1) is 0 Å². The van der Waals surface area contributed by atoms with Crippen molar-refractivity contribution in [2.24, 2.45) is 5.92 Å². The topological polar surface area (TPSA) is 44.4 Å². The third kappa shape index (κ3) is 6.03. The lowest BCUT2D eigenvalue weighted by molar-refractivity contribution is -0.119. The summed E-state index contributed by atoms with van der Waals surface area (Å²) in [4.78, 5) is 13.3. The Balaban J connectivity index is 2.28. The standard InChI is InChI=1S/C13H27N3O/c1-11(2)16(9-8-15-12(3)17)10-13-4-6-14-7-5-13/h11,13-14H,4-10H2,1-3H3,(H,15,17). The predicted octanol–water partition coefficient (Wildman–Crippen LogP) is 0.833. The zero-order chi connectivity index (χ0) is 12.7. The van der Waals surface area contributed by atoms with Gasteiger partial charge >= 0.3 is 0 Å². The predicted molar refractivity (Wildman–Crippen MR) is 71.0 cm³/mol. The molecule has 2 N–H and O–H groups in total. The SMILES string of the molecule is CC(=O)NCCN(CC1CCNCC1)C(C)C. The zero-order valence-electron chi connectivity index (χ0n) is 11.5. The van der Waals surface area contributed by atoms with Crippen LogP contribution in [0.3, 0.4) is 0 Å². The van der Waals surface area contributed by atoms with E-state index in [2.05, 4.69) is 29.4 Å². The van der Waals surface area contributed by atoms with E-state index in [0.717, 1.165) is 32.1 Å². The lowest BCUT2D eigenvalue weighted by Crippen LogP contribution is -2.42. The maximum absolute atomic E-state index is 10.8. The fraction of sp³-hybridized carbons (Fsp3) is 0.923. The normalized spacial score (nSPS) is 17.7. The van der Waals surface area contributed by atoms with Gasteiger partial charge in [0.25, 0.3) is 0 Å². The van der Waals surface area contributed by atoms with E-state index in [1.54, 1.807) is 6.92 Å². The Morgan fingerprint density at radius 2 is 2.06 bits per heavy atom. The molecule has 1 amide bonds. The maximum atomic E-state index is 10.8. The van der Waals surface area contributed by atoms with Gasteiger partial charge < -0.3 is 10.6 Å². The number of carbonyl (C=O) groups excluding carboxylic acids is 1. The van der Waals surface area contributed by atoms with Crippen molar-refractivity contribution in [1.29, 1.82) is 0 Å². The molecule has 4 heteroatoms. The average molecular weight is 241 g/mol. The molecule has 17 heavy (non-hydrogen) atoms. The van der Waals surface area contributed by atoms with E-state index < -0.39 is 0 Å². The van der Waals surface area contributed by atoms with Crippen LogP contribution in [0, 0.1) is 5.92 Å². The molecule has 0 aromatic heterocycles. The van der Waals surface area contributed by atoms with Crippen molar-refractivity contribution < 1.29 is 4.79 Å². The Bertz CT molecular complexity index is 225. The van der Waals surface area contributed by atoms with E-state index in [0.29, 0.717) is 6.04 Å². The van der Waals surface area contributed by atoms with Crippen LogP contribution >= 0.6 is 0 Å². The van der Waals surface area contributed by atoms with E-state index in [4.69, 9.17) is 0 Å². The molecule has 0 bridgehead atoms. The average Bonchev–Trinajstić information content (AvgIpc) is 2.28. The number of piperidine rings is 1. The highest BCUT2D eigenvalue weighted by atomic mass is 16.1. The highest BCUT2D eigenvalue weighted by Crippen LogP contribution is 2.14. The van der Waals surface area contributed by atoms with Crippen LogP contribution in [0.25, 0.3) is 0 Å². The second-order valence-electron chi connectivity index (χ2n) is 5.27. The van der Waals surface area contributed by atoms with E-state index in [1.165, 1.54) is 19.4 Å². The summed E-state index contributed by atoms with van der Waals surface area (Å²) in [7, 11) is 0. The lowest BCUT2D eigenvalue weighted by Gasteiger charge is -2.32. The summed E-state index contributed by atoms with van der Waals surface area (Å²) in [5.74, 6) is 0.881. The maximum Gasteiger partial charge on any atom is 0.216 e. The van der Waals surface area contributed by atoms with Crippen LogP contribution in [0.15, 0.2) is 0 Å². The second-order valence-corrected chi connectivity index (χ2v) is 5.27. The summed E-state index contributed by atoms with van der Waals surface area (Å²) < 4.78 is 0. The Kier molecular flexibility index (Phi) is 6.52. The summed E-state index contributed by atoms with van der Waals surface area (Å²) in [6, 6.07) is 0.554. The lowest BCUT2D eigenvalue weighted by atomic mass is 9.97. The van der Waals surface area contributed by atoms with Crippen LogP contribution in [0.2, 0.25) is 0 Å². The fourth-order valence-corrected chi connectivity index (χ4v) is 2.33. The molecule has 1 rings (SSSR count). The van der Waals surface area contributed by atoms with E-state index >= 15 is 0 Å². The monoisotopic (exact) mass is 241 g/mol. The fourth-order valence-electron chi connectivity index (χ4n) is 2.33. The van der Waals surface area contributed by atoms with Crippen LogP contribution in [0.1, 0.15) is 33.6 Å². The molecule has 1 heterocycles. The Labute approximate surface area is 105 Å². The van der Waals surface area contributed by atoms with Crippen molar-refractivity contribution in [3.05, 3.63) is 0 Å². The molecule has 0 aliphatic carbocycles. The largest absolute Gasteiger partial charge is 0.355 e. The first-order valence-corrected chi connectivity index (χ1v) is 6.78. The summed E-state index contributed by atoms with van der Waals surface area (Å²) in [6.45, 7) is 11.2. The van der Waals surface area contributed by atoms with Gasteiger partial charge in [0.1, 0.15) is 0 Å². The minimum atomic E-state index is 0.0653. The summed E-state index contributed by atoms with van der Waals surface area (Å²) >= 11 is 0. The highest BCUT2D eigenvalue weighted by molar-refractivity contribution is 5.72. The molecule has 0 aromatic rings. The number of hydrogen-bond donors (Lipinski definition) is 2. The molecule has 1 fully saturated rings. The molecule has 4 nitrogen and oxygen atoms in total. The van der Waals surface area contributed by atoms with Crippen LogP contribution in [-0.2, 0) is 4.79 Å². The van der Waals surface area contributed by atoms with Gasteiger partial charge in [0.05, 0.1) is 0 Å². The van der Waals surface area contributed by atoms with Gasteiger partial charge in [-0.2, -0.15) is 0 Å². The number of rotatable bonds is 6. The smallest absolute Gasteiger partial charge is 0.216 e. The molecular weight excluding hydrogens is 214 g/mol. The third-order valence-electron chi connectivity index (χ3n) is 3.45. The molecule has 0 unspecified atom stereocenters. The minimum absolute atomic E-state index is 0.0653. The molecule has 1 aliphatic heterocycles. The van der Waals surface area contributed by atoms with E-state index in [9.17, 15) is 4.79 Å². The summed E-state index contributed by atoms with van der Waals surface area (Å²) in [6.07, 6.45) is 2.56. The summed E-state index contributed by atoms with van der Waals surface area (Å²) in [5.41, 5.74) is 0. The van der Waals surface area contributed by atoms with Crippen molar-refractivity contribution >= 4 is 5.91 Å². The first kappa shape index (κ1) is 14.5. The molecule has 1 saturated heterocycles. The van der Waals surface area contributed by atoms with Crippen LogP contribution in [0.4, 0.5) is 0 Å². The van der Waals surface area contributed by atoms with Crippen molar-refractivity contribution in [2.75, 3.05) is 32.7 Å². The first-order valence-electron chi connectivity index (χ1n) is 6.78. The Hall–Kier alpha value is -0.610. The quantitative estimate of drug-likeness (QED) is 0.724. The summed E-state index contributed by atoms with van der Waals surface area (Å²) in [5, 5.41) is 6.27. The van der Waals surface area contributed by atoms with Gasteiger partial charge in [-0.3, -0.25) is 9.69 Å². The van der Waals surface area contributed by atoms with Gasteiger partial charge in [-0.05, 0) is 45.7 Å². The molecule has 1 aliphatic rings. The Morgan fingerprint density at radius 1 is 1.41 bits per heavy atom. The van der Waals surface area contributed by atoms with Gasteiger partial charge in [-0.25, -0.2) is 0 Å². The first-order chi connectivity index (χ1) is 8.09. The zero-order valence-corrected chi connectivity index (χ0v) is 11.5. The van der Waals surface area contributed by atoms with E-state index in [-0.39, 0.29) is 5.91 Å². The highest BCUT2D eigenvalue weighted by Gasteiger charge is 2.18. The van der Waals surface area contributed by atoms with Crippen molar-refractivity contribution in [3.8, 4) is 0 Å². The van der Waals surface area contributed by atoms with Gasteiger partial charge in [-0.1, -0.05) is 0 Å². The second kappa shape index (κ2) is 7.67. The van der Waals surface area contributed by atoms with Gasteiger partial charge in [0.15, 0.2) is 0 Å². The molecule has 0 atom stereocenters. The number of amides is 1. The van der Waals surface area contributed by atoms with Gasteiger partial charge in [0, 0.05) is 32.6 Å². The Morgan fingerprint density at radius 3 is 2.59 bits per heavy atom. The number of nitrogens with zero attached hydrogens (tertiary/aromatic N) is 1. The van der Waals surface area contributed by atoms with Gasteiger partial charge in [0.2, 0.25) is 5.91 Å². The van der Waals surface area contributed by atoms with Crippen molar-refractivity contribution in [2.45, 2.75) is 39.7 Å². The molecule has 100 valence electrons. The third-order valence-corrected chi connectivity index (χ3v) is 3.45.